The van der Waals surface area contributed by atoms with E-state index in [0.29, 0.717) is 18.0 Å². The lowest BCUT2D eigenvalue weighted by atomic mass is 10.1. The van der Waals surface area contributed by atoms with Gasteiger partial charge in [0, 0.05) is 27.6 Å². The Bertz CT molecular complexity index is 569. The second-order valence-electron chi connectivity index (χ2n) is 5.43. The van der Waals surface area contributed by atoms with E-state index >= 15 is 0 Å². The Hall–Kier alpha value is -0.370. The van der Waals surface area contributed by atoms with Crippen molar-refractivity contribution in [3.8, 4) is 0 Å². The fourth-order valence-electron chi connectivity index (χ4n) is 2.18. The lowest BCUT2D eigenvalue weighted by molar-refractivity contribution is 0.553. The maximum Gasteiger partial charge on any atom is 0.212 e. The molecule has 0 bridgehead atoms. The lowest BCUT2D eigenvalue weighted by Gasteiger charge is -2.22. The van der Waals surface area contributed by atoms with Gasteiger partial charge in [-0.1, -0.05) is 12.1 Å². The highest BCUT2D eigenvalue weighted by Gasteiger charge is 2.30. The van der Waals surface area contributed by atoms with Gasteiger partial charge in [0.25, 0.3) is 0 Å². The van der Waals surface area contributed by atoms with Crippen LogP contribution in [0.3, 0.4) is 0 Å². The average molecular weight is 347 g/mol. The van der Waals surface area contributed by atoms with Crippen molar-refractivity contribution in [2.24, 2.45) is 0 Å². The minimum absolute atomic E-state index is 0.0596. The van der Waals surface area contributed by atoms with Crippen molar-refractivity contribution in [3.63, 3.8) is 0 Å². The van der Waals surface area contributed by atoms with Crippen molar-refractivity contribution in [1.82, 2.24) is 4.72 Å². The Morgan fingerprint density at radius 1 is 1.43 bits per heavy atom. The van der Waals surface area contributed by atoms with Gasteiger partial charge in [-0.05, 0) is 37.7 Å². The van der Waals surface area contributed by atoms with Crippen LogP contribution in [0.2, 0.25) is 0 Å². The number of para-hydroxylation sites is 1. The SMILES string of the molecule is CC1(CNS(=O)(=O)CCSc2ccccc2N)CCCS1. The van der Waals surface area contributed by atoms with Gasteiger partial charge in [-0.15, -0.1) is 11.8 Å². The molecule has 0 radical (unpaired) electrons. The van der Waals surface area contributed by atoms with Crippen LogP contribution in [0.1, 0.15) is 19.8 Å². The summed E-state index contributed by atoms with van der Waals surface area (Å²) in [5, 5.41) is 0. The summed E-state index contributed by atoms with van der Waals surface area (Å²) in [6.45, 7) is 2.66. The highest BCUT2D eigenvalue weighted by molar-refractivity contribution is 8.01. The number of anilines is 1. The average Bonchev–Trinajstić information content (AvgIpc) is 2.87. The molecule has 21 heavy (non-hydrogen) atoms. The molecule has 0 amide bonds. The fraction of sp³-hybridized carbons (Fsp3) is 0.571. The maximum absolute atomic E-state index is 12.0. The molecule has 3 N–H and O–H groups in total. The molecule has 1 fully saturated rings. The van der Waals surface area contributed by atoms with Gasteiger partial charge in [0.15, 0.2) is 0 Å². The van der Waals surface area contributed by atoms with Crippen LogP contribution in [-0.2, 0) is 10.0 Å². The van der Waals surface area contributed by atoms with E-state index in [-0.39, 0.29) is 10.5 Å². The molecule has 1 saturated heterocycles. The molecule has 1 aliphatic rings. The van der Waals surface area contributed by atoms with Crippen molar-refractivity contribution in [2.75, 3.05) is 29.5 Å². The molecule has 7 heteroatoms. The molecule has 1 unspecified atom stereocenters. The van der Waals surface area contributed by atoms with Gasteiger partial charge >= 0.3 is 0 Å². The molecule has 1 atom stereocenters. The largest absolute Gasteiger partial charge is 0.398 e. The Labute approximate surface area is 135 Å². The minimum atomic E-state index is -3.22. The number of nitrogen functional groups attached to an aromatic ring is 1. The third-order valence-electron chi connectivity index (χ3n) is 3.50. The summed E-state index contributed by atoms with van der Waals surface area (Å²) in [5.74, 6) is 1.75. The lowest BCUT2D eigenvalue weighted by Crippen LogP contribution is -2.38. The smallest absolute Gasteiger partial charge is 0.212 e. The maximum atomic E-state index is 12.0. The second kappa shape index (κ2) is 7.26. The van der Waals surface area contributed by atoms with Crippen LogP contribution in [-0.4, -0.2) is 37.0 Å². The summed E-state index contributed by atoms with van der Waals surface area (Å²) in [6, 6.07) is 7.52. The van der Waals surface area contributed by atoms with Gasteiger partial charge < -0.3 is 5.73 Å². The number of nitrogens with one attached hydrogen (secondary N) is 1. The number of hydrogen-bond donors (Lipinski definition) is 2. The molecule has 1 aromatic carbocycles. The van der Waals surface area contributed by atoms with Crippen LogP contribution in [0.15, 0.2) is 29.2 Å². The van der Waals surface area contributed by atoms with E-state index in [1.165, 1.54) is 18.2 Å². The first kappa shape index (κ1) is 17.0. The molecule has 0 saturated carbocycles. The summed E-state index contributed by atoms with van der Waals surface area (Å²) >= 11 is 3.34. The van der Waals surface area contributed by atoms with Gasteiger partial charge in [-0.2, -0.15) is 11.8 Å². The quantitative estimate of drug-likeness (QED) is 0.586. The van der Waals surface area contributed by atoms with E-state index in [2.05, 4.69) is 11.6 Å². The fourth-order valence-corrected chi connectivity index (χ4v) is 6.04. The van der Waals surface area contributed by atoms with Gasteiger partial charge in [0.05, 0.1) is 5.75 Å². The Morgan fingerprint density at radius 2 is 2.19 bits per heavy atom. The predicted octanol–water partition coefficient (Wildman–Crippen LogP) is 2.57. The highest BCUT2D eigenvalue weighted by atomic mass is 32.2. The first-order chi connectivity index (χ1) is 9.90. The Balaban J connectivity index is 1.77. The molecular weight excluding hydrogens is 324 g/mol. The number of sulfonamides is 1. The molecule has 118 valence electrons. The molecule has 1 aromatic rings. The van der Waals surface area contributed by atoms with Crippen LogP contribution >= 0.6 is 23.5 Å². The summed E-state index contributed by atoms with van der Waals surface area (Å²) in [7, 11) is -3.22. The van der Waals surface area contributed by atoms with Crippen LogP contribution in [0.4, 0.5) is 5.69 Å². The molecular formula is C14H22N2O2S3. The van der Waals surface area contributed by atoms with E-state index in [0.717, 1.165) is 17.1 Å². The molecule has 0 aromatic heterocycles. The zero-order valence-corrected chi connectivity index (χ0v) is 14.6. The molecule has 2 rings (SSSR count). The summed E-state index contributed by atoms with van der Waals surface area (Å²) in [6.07, 6.45) is 2.25. The molecule has 0 spiro atoms. The zero-order valence-electron chi connectivity index (χ0n) is 12.2. The highest BCUT2D eigenvalue weighted by Crippen LogP contribution is 2.37. The first-order valence-electron chi connectivity index (χ1n) is 6.99. The minimum Gasteiger partial charge on any atom is -0.398 e. The van der Waals surface area contributed by atoms with E-state index in [9.17, 15) is 8.42 Å². The number of thioether (sulfide) groups is 2. The molecule has 4 nitrogen and oxygen atoms in total. The van der Waals surface area contributed by atoms with Gasteiger partial charge in [0.2, 0.25) is 10.0 Å². The number of nitrogens with two attached hydrogens (primary N) is 1. The van der Waals surface area contributed by atoms with E-state index in [1.54, 1.807) is 0 Å². The van der Waals surface area contributed by atoms with E-state index < -0.39 is 10.0 Å². The summed E-state index contributed by atoms with van der Waals surface area (Å²) in [4.78, 5) is 0.936. The second-order valence-corrected chi connectivity index (χ2v) is 10.2. The molecule has 0 aliphatic carbocycles. The van der Waals surface area contributed by atoms with Crippen molar-refractivity contribution in [3.05, 3.63) is 24.3 Å². The van der Waals surface area contributed by atoms with Crippen molar-refractivity contribution in [2.45, 2.75) is 29.4 Å². The third-order valence-corrected chi connectivity index (χ3v) is 7.71. The van der Waals surface area contributed by atoms with Crippen molar-refractivity contribution in [1.29, 1.82) is 0 Å². The predicted molar refractivity (Wildman–Crippen MR) is 93.5 cm³/mol. The van der Waals surface area contributed by atoms with Crippen LogP contribution < -0.4 is 10.5 Å². The Morgan fingerprint density at radius 3 is 2.86 bits per heavy atom. The number of rotatable bonds is 7. The summed E-state index contributed by atoms with van der Waals surface area (Å²) < 4.78 is 26.9. The van der Waals surface area contributed by atoms with Crippen LogP contribution in [0.25, 0.3) is 0 Å². The van der Waals surface area contributed by atoms with Crippen LogP contribution in [0, 0.1) is 0 Å². The van der Waals surface area contributed by atoms with E-state index in [4.69, 9.17) is 5.73 Å². The van der Waals surface area contributed by atoms with Gasteiger partial charge in [-0.3, -0.25) is 0 Å². The number of benzene rings is 1. The monoisotopic (exact) mass is 346 g/mol. The zero-order chi connectivity index (χ0) is 15.3. The van der Waals surface area contributed by atoms with Crippen molar-refractivity contribution < 1.29 is 8.42 Å². The standard InChI is InChI=1S/C14H22N2O2S3/c1-14(7-4-8-20-14)11-16-21(17,18)10-9-19-13-6-3-2-5-12(13)15/h2-3,5-6,16H,4,7-11,15H2,1H3. The van der Waals surface area contributed by atoms with Crippen LogP contribution in [0.5, 0.6) is 0 Å². The normalized spacial score (nSPS) is 22.5. The third kappa shape index (κ3) is 5.39. The Kier molecular flexibility index (Phi) is 5.88. The first-order valence-corrected chi connectivity index (χ1v) is 10.6. The number of hydrogen-bond acceptors (Lipinski definition) is 5. The van der Waals surface area contributed by atoms with Gasteiger partial charge in [0.1, 0.15) is 0 Å². The molecule has 1 aliphatic heterocycles. The van der Waals surface area contributed by atoms with Crippen molar-refractivity contribution >= 4 is 39.2 Å². The van der Waals surface area contributed by atoms with Gasteiger partial charge in [-0.25, -0.2) is 13.1 Å². The molecule has 1 heterocycles. The summed E-state index contributed by atoms with van der Waals surface area (Å²) in [5.41, 5.74) is 6.54. The topological polar surface area (TPSA) is 72.2 Å². The van der Waals surface area contributed by atoms with E-state index in [1.807, 2.05) is 36.0 Å².